The second-order valence-corrected chi connectivity index (χ2v) is 15.3. The molecule has 4 aliphatic heterocycles. The predicted molar refractivity (Wildman–Crippen MR) is 179 cm³/mol. The summed E-state index contributed by atoms with van der Waals surface area (Å²) in [7, 11) is 0. The fourth-order valence-corrected chi connectivity index (χ4v) is 8.97. The normalized spacial score (nSPS) is 23.2. The quantitative estimate of drug-likeness (QED) is 0.230. The Kier molecular flexibility index (Phi) is 7.56. The number of fused-ring (bicyclic) bond motifs is 4. The van der Waals surface area contributed by atoms with Crippen LogP contribution in [-0.4, -0.2) is 77.2 Å². The van der Waals surface area contributed by atoms with Gasteiger partial charge in [0.25, 0.3) is 0 Å². The molecule has 3 saturated heterocycles. The van der Waals surface area contributed by atoms with Gasteiger partial charge in [0.1, 0.15) is 59.0 Å². The van der Waals surface area contributed by atoms with E-state index in [1.54, 1.807) is 26.8 Å². The first-order chi connectivity index (χ1) is 23.4. The summed E-state index contributed by atoms with van der Waals surface area (Å²) >= 11 is 0.868. The number of rotatable bonds is 5. The van der Waals surface area contributed by atoms with Crippen LogP contribution in [0.25, 0.3) is 32.1 Å². The number of nitriles is 1. The Hall–Kier alpha value is -4.35. The van der Waals surface area contributed by atoms with Gasteiger partial charge in [0.2, 0.25) is 0 Å². The van der Waals surface area contributed by atoms with Crippen LogP contribution in [0.1, 0.15) is 58.4 Å². The van der Waals surface area contributed by atoms with Crippen LogP contribution in [0.15, 0.2) is 18.2 Å². The maximum absolute atomic E-state index is 17.1. The zero-order chi connectivity index (χ0) is 34.2. The number of nitrogens with zero attached hydrogens (tertiary/aromatic N) is 5. The lowest BCUT2D eigenvalue weighted by Gasteiger charge is -2.31. The first kappa shape index (κ1) is 31.9. The Morgan fingerprint density at radius 2 is 2.04 bits per heavy atom. The van der Waals surface area contributed by atoms with Gasteiger partial charge in [-0.15, -0.1) is 11.3 Å². The van der Waals surface area contributed by atoms with Crippen molar-refractivity contribution in [3.63, 3.8) is 0 Å². The number of amides is 1. The van der Waals surface area contributed by atoms with Gasteiger partial charge in [0.05, 0.1) is 27.2 Å². The van der Waals surface area contributed by atoms with E-state index in [1.807, 2.05) is 0 Å². The molecule has 2 aromatic carbocycles. The molecule has 0 radical (unpaired) electrons. The number of carbonyl (C=O) groups excluding carboxylic acids is 1. The number of benzene rings is 2. The van der Waals surface area contributed by atoms with Crippen molar-refractivity contribution in [1.29, 1.82) is 5.26 Å². The molecule has 1 N–H and O–H groups in total. The highest BCUT2D eigenvalue weighted by molar-refractivity contribution is 7.23. The molecule has 1 amide bonds. The van der Waals surface area contributed by atoms with Crippen LogP contribution in [0, 0.1) is 23.0 Å². The van der Waals surface area contributed by atoms with Gasteiger partial charge in [-0.25, -0.2) is 18.0 Å². The summed E-state index contributed by atoms with van der Waals surface area (Å²) in [6, 6.07) is 6.24. The molecule has 10 nitrogen and oxygen atoms in total. The van der Waals surface area contributed by atoms with Gasteiger partial charge in [-0.05, 0) is 70.7 Å². The summed E-state index contributed by atoms with van der Waals surface area (Å²) in [5.41, 5.74) is -1.04. The Bertz CT molecular complexity index is 2060. The van der Waals surface area contributed by atoms with Gasteiger partial charge in [-0.2, -0.15) is 15.2 Å². The molecule has 6 heterocycles. The molecule has 0 bridgehead atoms. The van der Waals surface area contributed by atoms with Crippen LogP contribution in [0.5, 0.6) is 11.8 Å². The Morgan fingerprint density at radius 3 is 2.84 bits per heavy atom. The molecule has 0 aliphatic carbocycles. The maximum Gasteiger partial charge on any atom is 0.412 e. The smallest absolute Gasteiger partial charge is 0.412 e. The van der Waals surface area contributed by atoms with Crippen LogP contribution in [0.2, 0.25) is 0 Å². The number of anilines is 2. The van der Waals surface area contributed by atoms with Crippen molar-refractivity contribution >= 4 is 49.2 Å². The first-order valence-electron chi connectivity index (χ1n) is 16.6. The second kappa shape index (κ2) is 11.6. The van der Waals surface area contributed by atoms with E-state index >= 15 is 8.78 Å². The lowest BCUT2D eigenvalue weighted by molar-refractivity contribution is 0.0636. The number of ether oxygens (including phenoxy) is 3. The number of hydrogen-bond acceptors (Lipinski definition) is 10. The van der Waals surface area contributed by atoms with Crippen molar-refractivity contribution in [3.05, 3.63) is 35.4 Å². The van der Waals surface area contributed by atoms with Crippen LogP contribution >= 0.6 is 11.3 Å². The van der Waals surface area contributed by atoms with Crippen molar-refractivity contribution in [1.82, 2.24) is 14.9 Å². The maximum atomic E-state index is 17.1. The average molecular weight is 693 g/mol. The Morgan fingerprint density at radius 1 is 1.20 bits per heavy atom. The minimum absolute atomic E-state index is 0.0111. The molecule has 0 saturated carbocycles. The summed E-state index contributed by atoms with van der Waals surface area (Å²) in [6.45, 7) is 7.50. The molecule has 0 spiro atoms. The third kappa shape index (κ3) is 5.38. The molecule has 3 atom stereocenters. The summed E-state index contributed by atoms with van der Waals surface area (Å²) in [4.78, 5) is 26.3. The van der Waals surface area contributed by atoms with E-state index < -0.39 is 35.0 Å². The van der Waals surface area contributed by atoms with Gasteiger partial charge >= 0.3 is 12.1 Å². The number of halogens is 3. The minimum atomic E-state index is -0.932. The Labute approximate surface area is 284 Å². The van der Waals surface area contributed by atoms with E-state index in [1.165, 1.54) is 12.1 Å². The second-order valence-electron chi connectivity index (χ2n) is 14.3. The lowest BCUT2D eigenvalue weighted by atomic mass is 9.95. The topological polar surface area (TPSA) is 113 Å². The highest BCUT2D eigenvalue weighted by Gasteiger charge is 2.49. The van der Waals surface area contributed by atoms with Gasteiger partial charge in [0.15, 0.2) is 5.82 Å². The third-order valence-electron chi connectivity index (χ3n) is 9.95. The molecule has 4 aromatic rings. The van der Waals surface area contributed by atoms with E-state index in [-0.39, 0.29) is 56.0 Å². The summed E-state index contributed by atoms with van der Waals surface area (Å²) < 4.78 is 64.9. The number of alkyl halides is 1. The molecule has 3 fully saturated rings. The molecule has 14 heteroatoms. The molecule has 4 aliphatic rings. The highest BCUT2D eigenvalue weighted by atomic mass is 32.1. The standard InChI is InChI=1S/C35H35F3N6O4S/c1-34(2,3)48-33(45)42-31-22(14-39)25-20(7-8-23(37)29(25)49-31)21-12-24-26-28(27(21)38)40-32(41-30(26)44-11-4-6-19(44)16-46-24)47-17-35-9-5-10-43(35)15-18(36)13-35/h7-8,12,18-19H,4-6,9-11,13,15-17H2,1-3H3,(H,42,45)/t18-,19+,35+/m1/s1. The summed E-state index contributed by atoms with van der Waals surface area (Å²) in [5, 5.41) is 13.4. The van der Waals surface area contributed by atoms with Gasteiger partial charge in [-0.3, -0.25) is 10.2 Å². The molecular formula is C35H35F3N6O4S. The first-order valence-corrected chi connectivity index (χ1v) is 17.4. The number of nitrogens with one attached hydrogen (secondary N) is 1. The lowest BCUT2D eigenvalue weighted by Crippen LogP contribution is -2.43. The van der Waals surface area contributed by atoms with Gasteiger partial charge in [0, 0.05) is 30.5 Å². The van der Waals surface area contributed by atoms with Crippen LogP contribution in [0.4, 0.5) is 28.8 Å². The highest BCUT2D eigenvalue weighted by Crippen LogP contribution is 2.48. The summed E-state index contributed by atoms with van der Waals surface area (Å²) in [6.07, 6.45) is 2.16. The van der Waals surface area contributed by atoms with E-state index in [2.05, 4.69) is 26.2 Å². The largest absolute Gasteiger partial charge is 0.491 e. The van der Waals surface area contributed by atoms with Crippen LogP contribution in [-0.2, 0) is 4.74 Å². The predicted octanol–water partition coefficient (Wildman–Crippen LogP) is 7.32. The third-order valence-corrected chi connectivity index (χ3v) is 11.1. The van der Waals surface area contributed by atoms with Crippen LogP contribution < -0.4 is 19.7 Å². The van der Waals surface area contributed by atoms with Crippen molar-refractivity contribution < 1.29 is 32.2 Å². The SMILES string of the molecule is CC(C)(C)OC(=O)Nc1sc2c(F)ccc(-c3cc4c5c(nc(OC[C@@]67CCCN6C[C@H](F)C7)nc5c3F)N3CCC[C@H]3CO4)c2c1C#N. The molecular weight excluding hydrogens is 657 g/mol. The van der Waals surface area contributed by atoms with Crippen molar-refractivity contribution in [3.8, 4) is 29.0 Å². The van der Waals surface area contributed by atoms with Gasteiger partial charge < -0.3 is 19.1 Å². The van der Waals surface area contributed by atoms with E-state index in [4.69, 9.17) is 19.2 Å². The fraction of sp³-hybridized carbons (Fsp3) is 0.486. The zero-order valence-electron chi connectivity index (χ0n) is 27.4. The molecule has 49 heavy (non-hydrogen) atoms. The van der Waals surface area contributed by atoms with Crippen molar-refractivity contribution in [2.45, 2.75) is 76.2 Å². The molecule has 256 valence electrons. The average Bonchev–Trinajstić information content (AvgIpc) is 3.80. The number of hydrogen-bond donors (Lipinski definition) is 1. The molecule has 8 rings (SSSR count). The molecule has 2 aromatic heterocycles. The number of carbonyl (C=O) groups is 1. The molecule has 0 unspecified atom stereocenters. The van der Waals surface area contributed by atoms with Crippen molar-refractivity contribution in [2.75, 3.05) is 43.1 Å². The summed E-state index contributed by atoms with van der Waals surface area (Å²) in [5.74, 6) is -0.477. The van der Waals surface area contributed by atoms with E-state index in [9.17, 15) is 14.4 Å². The fourth-order valence-electron chi connectivity index (χ4n) is 7.90. The zero-order valence-corrected chi connectivity index (χ0v) is 28.2. The monoisotopic (exact) mass is 692 g/mol. The Balaban J connectivity index is 1.27. The van der Waals surface area contributed by atoms with E-state index in [0.29, 0.717) is 43.1 Å². The van der Waals surface area contributed by atoms with E-state index in [0.717, 1.165) is 43.6 Å². The number of aromatic nitrogens is 2. The number of thiophene rings is 1. The van der Waals surface area contributed by atoms with Gasteiger partial charge in [-0.1, -0.05) is 6.07 Å². The minimum Gasteiger partial charge on any atom is -0.491 e. The van der Waals surface area contributed by atoms with Crippen molar-refractivity contribution in [2.24, 2.45) is 0 Å². The van der Waals surface area contributed by atoms with Crippen LogP contribution in [0.3, 0.4) is 0 Å².